The number of allylic oxidation sites excluding steroid dienone is 2. The Morgan fingerprint density at radius 2 is 1.58 bits per heavy atom. The molecule has 2 N–H and O–H groups in total. The van der Waals surface area contributed by atoms with Gasteiger partial charge in [-0.05, 0) is 79.0 Å². The standard InChI is InChI=1S/C30H38N2OS.C6H12N2O/c1-3-11-26(4-2)30(27-14-9-6-10-15-27)31-20-22-32(23-21-31)34-29-18-16-28(17-19-29)33-24-25-12-7-5-8-13-25;7-6-1-3-8(5-9)4-2-6/h3-4,6,9-11,14-19,25,30H,1-2,5,7-8,12-13,20-24H2;5-6H,1-4,7H2/b26-11+;. The summed E-state index contributed by atoms with van der Waals surface area (Å²) in [6.45, 7) is 14.6. The summed E-state index contributed by atoms with van der Waals surface area (Å²) < 4.78 is 8.55. The second-order valence-electron chi connectivity index (χ2n) is 11.7. The lowest BCUT2D eigenvalue weighted by atomic mass is 9.90. The number of ether oxygens (including phenoxy) is 1. The van der Waals surface area contributed by atoms with Crippen molar-refractivity contribution in [1.82, 2.24) is 14.1 Å². The predicted octanol–water partition coefficient (Wildman–Crippen LogP) is 6.88. The molecule has 0 bridgehead atoms. The van der Waals surface area contributed by atoms with E-state index in [1.165, 1.54) is 48.1 Å². The van der Waals surface area contributed by atoms with Crippen molar-refractivity contribution in [3.05, 3.63) is 97.1 Å². The molecule has 0 spiro atoms. The van der Waals surface area contributed by atoms with Gasteiger partial charge in [0.2, 0.25) is 6.41 Å². The minimum atomic E-state index is 0.212. The number of piperazine rings is 1. The number of nitrogens with two attached hydrogens (primary N) is 1. The molecule has 3 fully saturated rings. The lowest BCUT2D eigenvalue weighted by Gasteiger charge is -2.39. The third-order valence-electron chi connectivity index (χ3n) is 8.61. The fourth-order valence-corrected chi connectivity index (χ4v) is 6.95. The smallest absolute Gasteiger partial charge is 0.209 e. The maximum Gasteiger partial charge on any atom is 0.209 e. The van der Waals surface area contributed by atoms with Crippen LogP contribution < -0.4 is 10.5 Å². The SMILES string of the molecule is C=C/C=C(\C=C)C(c1ccccc1)N1CCN(Sc2ccc(OCC3CCCCC3)cc2)CC1.NC1CCN(C=O)CC1. The molecule has 1 aliphatic carbocycles. The molecule has 2 heterocycles. The zero-order valence-electron chi connectivity index (χ0n) is 25.7. The zero-order chi connectivity index (χ0) is 30.3. The number of carbonyl (C=O) groups excluding carboxylic acids is 1. The predicted molar refractivity (Wildman–Crippen MR) is 180 cm³/mol. The van der Waals surface area contributed by atoms with E-state index < -0.39 is 0 Å². The van der Waals surface area contributed by atoms with Crippen LogP contribution in [0.5, 0.6) is 5.75 Å². The summed E-state index contributed by atoms with van der Waals surface area (Å²) in [7, 11) is 0. The number of piperidine rings is 1. The van der Waals surface area contributed by atoms with Crippen molar-refractivity contribution in [2.24, 2.45) is 11.7 Å². The summed E-state index contributed by atoms with van der Waals surface area (Å²) in [6.07, 6.45) is 15.5. The lowest BCUT2D eigenvalue weighted by Crippen LogP contribution is -2.45. The molecule has 2 aromatic rings. The van der Waals surface area contributed by atoms with Gasteiger partial charge in [-0.2, -0.15) is 0 Å². The fourth-order valence-electron chi connectivity index (χ4n) is 6.05. The monoisotopic (exact) mass is 602 g/mol. The Morgan fingerprint density at radius 1 is 0.907 bits per heavy atom. The lowest BCUT2D eigenvalue weighted by molar-refractivity contribution is -0.119. The first-order valence-electron chi connectivity index (χ1n) is 15.9. The van der Waals surface area contributed by atoms with Crippen LogP contribution in [-0.2, 0) is 4.79 Å². The number of hydrogen-bond acceptors (Lipinski definition) is 6. The Balaban J connectivity index is 0.000000403. The van der Waals surface area contributed by atoms with E-state index in [1.54, 1.807) is 4.90 Å². The van der Waals surface area contributed by atoms with Gasteiger partial charge in [0.25, 0.3) is 0 Å². The van der Waals surface area contributed by atoms with Crippen LogP contribution in [0.25, 0.3) is 0 Å². The van der Waals surface area contributed by atoms with Crippen molar-refractivity contribution in [2.45, 2.75) is 61.9 Å². The Bertz CT molecular complexity index is 1130. The molecule has 1 amide bonds. The molecule has 232 valence electrons. The number of amides is 1. The Labute approximate surface area is 263 Å². The first-order chi connectivity index (χ1) is 21.1. The molecule has 7 heteroatoms. The van der Waals surface area contributed by atoms with E-state index in [2.05, 4.69) is 83.0 Å². The van der Waals surface area contributed by atoms with Crippen LogP contribution in [0, 0.1) is 5.92 Å². The van der Waals surface area contributed by atoms with E-state index in [9.17, 15) is 4.79 Å². The third-order valence-corrected chi connectivity index (χ3v) is 9.71. The van der Waals surface area contributed by atoms with Gasteiger partial charge in [-0.3, -0.25) is 9.69 Å². The van der Waals surface area contributed by atoms with Gasteiger partial charge in [0.15, 0.2) is 0 Å². The van der Waals surface area contributed by atoms with Crippen LogP contribution in [0.15, 0.2) is 96.5 Å². The van der Waals surface area contributed by atoms with Crippen molar-refractivity contribution in [1.29, 1.82) is 0 Å². The Morgan fingerprint density at radius 3 is 2.19 bits per heavy atom. The van der Waals surface area contributed by atoms with Crippen molar-refractivity contribution < 1.29 is 9.53 Å². The van der Waals surface area contributed by atoms with Gasteiger partial charge in [0.1, 0.15) is 5.75 Å². The molecule has 2 saturated heterocycles. The highest BCUT2D eigenvalue weighted by molar-refractivity contribution is 7.97. The summed E-state index contributed by atoms with van der Waals surface area (Å²) in [6, 6.07) is 19.9. The van der Waals surface area contributed by atoms with E-state index in [4.69, 9.17) is 10.5 Å². The van der Waals surface area contributed by atoms with Crippen LogP contribution in [0.3, 0.4) is 0 Å². The van der Waals surface area contributed by atoms with Gasteiger partial charge in [0, 0.05) is 50.2 Å². The van der Waals surface area contributed by atoms with Crippen LogP contribution >= 0.6 is 11.9 Å². The molecule has 2 aromatic carbocycles. The average molecular weight is 603 g/mol. The number of benzene rings is 2. The number of rotatable bonds is 11. The Kier molecular flexibility index (Phi) is 13.9. The highest BCUT2D eigenvalue weighted by Crippen LogP contribution is 2.33. The molecule has 1 saturated carbocycles. The van der Waals surface area contributed by atoms with E-state index in [-0.39, 0.29) is 6.04 Å². The summed E-state index contributed by atoms with van der Waals surface area (Å²) in [5.74, 6) is 1.73. The summed E-state index contributed by atoms with van der Waals surface area (Å²) in [4.78, 5) is 15.8. The van der Waals surface area contributed by atoms with Crippen molar-refractivity contribution in [2.75, 3.05) is 45.9 Å². The highest BCUT2D eigenvalue weighted by Gasteiger charge is 2.27. The normalized spacial score (nSPS) is 20.0. The van der Waals surface area contributed by atoms with Gasteiger partial charge in [-0.25, -0.2) is 4.31 Å². The fraction of sp³-hybridized carbons (Fsp3) is 0.472. The maximum atomic E-state index is 10.2. The zero-order valence-corrected chi connectivity index (χ0v) is 26.5. The van der Waals surface area contributed by atoms with E-state index in [0.29, 0.717) is 6.04 Å². The summed E-state index contributed by atoms with van der Waals surface area (Å²) in [5, 5.41) is 0. The van der Waals surface area contributed by atoms with E-state index >= 15 is 0 Å². The van der Waals surface area contributed by atoms with Crippen molar-refractivity contribution in [3.8, 4) is 5.75 Å². The minimum absolute atomic E-state index is 0.212. The maximum absolute atomic E-state index is 10.2. The van der Waals surface area contributed by atoms with Crippen LogP contribution in [0.2, 0.25) is 0 Å². The second-order valence-corrected chi connectivity index (χ2v) is 12.9. The molecule has 1 atom stereocenters. The summed E-state index contributed by atoms with van der Waals surface area (Å²) in [5.41, 5.74) is 8.12. The van der Waals surface area contributed by atoms with E-state index in [0.717, 1.165) is 76.8 Å². The summed E-state index contributed by atoms with van der Waals surface area (Å²) >= 11 is 1.85. The molecule has 0 radical (unpaired) electrons. The molecule has 43 heavy (non-hydrogen) atoms. The van der Waals surface area contributed by atoms with Gasteiger partial charge in [0.05, 0.1) is 12.6 Å². The van der Waals surface area contributed by atoms with Gasteiger partial charge in [-0.1, -0.05) is 81.0 Å². The van der Waals surface area contributed by atoms with Gasteiger partial charge >= 0.3 is 0 Å². The molecular formula is C36H50N4O2S. The van der Waals surface area contributed by atoms with Crippen LogP contribution in [-0.4, -0.2) is 72.4 Å². The Hall–Kier alpha value is -2.84. The number of hydrogen-bond donors (Lipinski definition) is 1. The van der Waals surface area contributed by atoms with Gasteiger partial charge in [-0.15, -0.1) is 0 Å². The van der Waals surface area contributed by atoms with Crippen molar-refractivity contribution in [3.63, 3.8) is 0 Å². The van der Waals surface area contributed by atoms with Gasteiger partial charge < -0.3 is 15.4 Å². The molecule has 2 aliphatic heterocycles. The minimum Gasteiger partial charge on any atom is -0.493 e. The largest absolute Gasteiger partial charge is 0.493 e. The third kappa shape index (κ3) is 10.7. The number of likely N-dealkylation sites (tertiary alicyclic amines) is 1. The van der Waals surface area contributed by atoms with E-state index in [1.807, 2.05) is 24.1 Å². The average Bonchev–Trinajstić information content (AvgIpc) is 3.06. The molecule has 6 nitrogen and oxygen atoms in total. The molecular weight excluding hydrogens is 552 g/mol. The first kappa shape index (κ1) is 33.1. The first-order valence-corrected chi connectivity index (χ1v) is 16.7. The highest BCUT2D eigenvalue weighted by atomic mass is 32.2. The number of carbonyl (C=O) groups is 1. The topological polar surface area (TPSA) is 62.0 Å². The van der Waals surface area contributed by atoms with Crippen molar-refractivity contribution >= 4 is 18.4 Å². The molecule has 3 aliphatic rings. The molecule has 1 unspecified atom stereocenters. The second kappa shape index (κ2) is 18.1. The van der Waals surface area contributed by atoms with Crippen LogP contribution in [0.4, 0.5) is 0 Å². The molecule has 0 aromatic heterocycles. The quantitative estimate of drug-likeness (QED) is 0.172. The van der Waals surface area contributed by atoms with Crippen LogP contribution in [0.1, 0.15) is 56.6 Å². The number of nitrogens with zero attached hydrogens (tertiary/aromatic N) is 3. The molecule has 5 rings (SSSR count).